The van der Waals surface area contributed by atoms with Gasteiger partial charge in [0.2, 0.25) is 0 Å². The SMILES string of the molecule is CC(C)=CCc1cc(C(=O)Cc2cc3ccc(OCCCN(C)Cc4ccccc4)c(C)c3oc2=O)ccc1C. The van der Waals surface area contributed by atoms with Crippen molar-refractivity contribution in [3.05, 3.63) is 122 Å². The molecule has 3 aromatic carbocycles. The first-order valence-electron chi connectivity index (χ1n) is 13.9. The number of benzene rings is 3. The lowest BCUT2D eigenvalue weighted by molar-refractivity contribution is 0.0992. The van der Waals surface area contributed by atoms with Crippen molar-refractivity contribution in [3.8, 4) is 5.75 Å². The zero-order valence-corrected chi connectivity index (χ0v) is 24.3. The maximum absolute atomic E-state index is 13.1. The van der Waals surface area contributed by atoms with E-state index in [1.807, 2.05) is 50.2 Å². The average molecular weight is 538 g/mol. The Bertz CT molecular complexity index is 1560. The highest BCUT2D eigenvalue weighted by molar-refractivity contribution is 5.98. The van der Waals surface area contributed by atoms with Crippen LogP contribution < -0.4 is 10.4 Å². The van der Waals surface area contributed by atoms with Crippen LogP contribution >= 0.6 is 0 Å². The molecule has 5 heteroatoms. The van der Waals surface area contributed by atoms with E-state index in [-0.39, 0.29) is 12.2 Å². The first kappa shape index (κ1) is 29.0. The number of allylic oxidation sites excluding steroid dienone is 2. The molecule has 0 aliphatic carbocycles. The van der Waals surface area contributed by atoms with Crippen LogP contribution in [0.15, 0.2) is 87.6 Å². The molecule has 0 aliphatic rings. The molecule has 0 saturated carbocycles. The average Bonchev–Trinajstić information content (AvgIpc) is 2.93. The number of ether oxygens (including phenoxy) is 1. The van der Waals surface area contributed by atoms with E-state index < -0.39 is 5.63 Å². The van der Waals surface area contributed by atoms with Gasteiger partial charge in [0.15, 0.2) is 5.78 Å². The topological polar surface area (TPSA) is 59.8 Å². The predicted molar refractivity (Wildman–Crippen MR) is 162 cm³/mol. The van der Waals surface area contributed by atoms with Crippen LogP contribution in [0, 0.1) is 13.8 Å². The molecule has 0 spiro atoms. The first-order chi connectivity index (χ1) is 19.2. The van der Waals surface area contributed by atoms with Crippen LogP contribution in [0.3, 0.4) is 0 Å². The van der Waals surface area contributed by atoms with Crippen molar-refractivity contribution in [3.63, 3.8) is 0 Å². The molecule has 0 atom stereocenters. The molecule has 0 fully saturated rings. The van der Waals surface area contributed by atoms with E-state index in [1.54, 1.807) is 6.07 Å². The Labute approximate surface area is 237 Å². The normalized spacial score (nSPS) is 11.2. The highest BCUT2D eigenvalue weighted by atomic mass is 16.5. The van der Waals surface area contributed by atoms with Crippen LogP contribution in [0.1, 0.15) is 58.4 Å². The maximum atomic E-state index is 13.1. The summed E-state index contributed by atoms with van der Waals surface area (Å²) >= 11 is 0. The molecular formula is C35H39NO4. The van der Waals surface area contributed by atoms with Crippen molar-refractivity contribution >= 4 is 16.8 Å². The third-order valence-electron chi connectivity index (χ3n) is 7.16. The summed E-state index contributed by atoms with van der Waals surface area (Å²) in [7, 11) is 2.10. The summed E-state index contributed by atoms with van der Waals surface area (Å²) < 4.78 is 11.8. The highest BCUT2D eigenvalue weighted by Crippen LogP contribution is 2.27. The zero-order chi connectivity index (χ0) is 28.6. The van der Waals surface area contributed by atoms with Gasteiger partial charge in [0.25, 0.3) is 0 Å². The predicted octanol–water partition coefficient (Wildman–Crippen LogP) is 7.24. The van der Waals surface area contributed by atoms with E-state index in [9.17, 15) is 9.59 Å². The first-order valence-corrected chi connectivity index (χ1v) is 13.9. The van der Waals surface area contributed by atoms with Crippen molar-refractivity contribution in [2.45, 2.75) is 53.5 Å². The quantitative estimate of drug-likeness (QED) is 0.0825. The van der Waals surface area contributed by atoms with Gasteiger partial charge in [0.1, 0.15) is 11.3 Å². The number of hydrogen-bond acceptors (Lipinski definition) is 5. The lowest BCUT2D eigenvalue weighted by Crippen LogP contribution is -2.20. The molecule has 0 bridgehead atoms. The monoisotopic (exact) mass is 537 g/mol. The van der Waals surface area contributed by atoms with Gasteiger partial charge in [-0.1, -0.05) is 54.1 Å². The smallest absolute Gasteiger partial charge is 0.339 e. The fourth-order valence-electron chi connectivity index (χ4n) is 4.77. The van der Waals surface area contributed by atoms with Crippen molar-refractivity contribution in [2.75, 3.05) is 20.2 Å². The van der Waals surface area contributed by atoms with E-state index in [1.165, 1.54) is 11.1 Å². The Balaban J connectivity index is 1.40. The van der Waals surface area contributed by atoms with Gasteiger partial charge in [-0.3, -0.25) is 4.79 Å². The Morgan fingerprint density at radius 3 is 2.50 bits per heavy atom. The third kappa shape index (κ3) is 7.57. The van der Waals surface area contributed by atoms with Gasteiger partial charge >= 0.3 is 5.63 Å². The minimum absolute atomic E-state index is 0.00276. The lowest BCUT2D eigenvalue weighted by Gasteiger charge is -2.17. The molecule has 40 heavy (non-hydrogen) atoms. The van der Waals surface area contributed by atoms with E-state index in [2.05, 4.69) is 56.1 Å². The van der Waals surface area contributed by atoms with Crippen molar-refractivity contribution < 1.29 is 13.9 Å². The molecule has 0 aliphatic heterocycles. The highest BCUT2D eigenvalue weighted by Gasteiger charge is 2.16. The largest absolute Gasteiger partial charge is 0.493 e. The molecule has 1 aromatic heterocycles. The van der Waals surface area contributed by atoms with Crippen LogP contribution in [0.2, 0.25) is 0 Å². The molecule has 208 valence electrons. The van der Waals surface area contributed by atoms with E-state index >= 15 is 0 Å². The van der Waals surface area contributed by atoms with E-state index in [0.29, 0.717) is 29.1 Å². The number of Topliss-reactive ketones (excluding diaryl/α,β-unsaturated/α-hetero) is 1. The molecule has 0 N–H and O–H groups in total. The van der Waals surface area contributed by atoms with Crippen LogP contribution in [0.5, 0.6) is 5.75 Å². The van der Waals surface area contributed by atoms with Crippen LogP contribution in [-0.2, 0) is 19.4 Å². The van der Waals surface area contributed by atoms with Crippen LogP contribution in [-0.4, -0.2) is 30.9 Å². The maximum Gasteiger partial charge on any atom is 0.339 e. The summed E-state index contributed by atoms with van der Waals surface area (Å²) in [5.74, 6) is 0.604. The summed E-state index contributed by atoms with van der Waals surface area (Å²) in [6.07, 6.45) is 3.80. The Morgan fingerprint density at radius 2 is 1.75 bits per heavy atom. The van der Waals surface area contributed by atoms with Gasteiger partial charge in [-0.2, -0.15) is 0 Å². The van der Waals surface area contributed by atoms with Gasteiger partial charge in [-0.25, -0.2) is 4.79 Å². The molecule has 4 aromatic rings. The minimum Gasteiger partial charge on any atom is -0.493 e. The van der Waals surface area contributed by atoms with E-state index in [4.69, 9.17) is 9.15 Å². The Morgan fingerprint density at radius 1 is 0.975 bits per heavy atom. The molecular weight excluding hydrogens is 498 g/mol. The fraction of sp³-hybridized carbons (Fsp3) is 0.314. The Kier molecular flexibility index (Phi) is 9.73. The summed E-state index contributed by atoms with van der Waals surface area (Å²) in [6.45, 7) is 10.4. The van der Waals surface area contributed by atoms with Crippen molar-refractivity contribution in [2.24, 2.45) is 0 Å². The number of nitrogens with zero attached hydrogens (tertiary/aromatic N) is 1. The molecule has 4 rings (SSSR count). The zero-order valence-electron chi connectivity index (χ0n) is 24.3. The standard InChI is InChI=1S/C35H39NO4/c1-24(2)12-14-28-20-29(15-13-25(28)3)32(37)22-31-21-30-16-17-33(26(4)34(30)40-35(31)38)39-19-9-18-36(5)23-27-10-7-6-8-11-27/h6-8,10-13,15-17,20-21H,9,14,18-19,22-23H2,1-5H3. The second-order valence-electron chi connectivity index (χ2n) is 10.8. The lowest BCUT2D eigenvalue weighted by atomic mass is 9.97. The molecule has 5 nitrogen and oxygen atoms in total. The minimum atomic E-state index is -0.486. The van der Waals surface area contributed by atoms with Gasteiger partial charge < -0.3 is 14.1 Å². The number of carbonyl (C=O) groups excluding carboxylic acids is 1. The second kappa shape index (κ2) is 13.4. The third-order valence-corrected chi connectivity index (χ3v) is 7.16. The van der Waals surface area contributed by atoms with Crippen LogP contribution in [0.25, 0.3) is 11.0 Å². The van der Waals surface area contributed by atoms with Gasteiger partial charge in [-0.15, -0.1) is 0 Å². The van der Waals surface area contributed by atoms with Crippen LogP contribution in [0.4, 0.5) is 0 Å². The summed E-state index contributed by atoms with van der Waals surface area (Å²) in [4.78, 5) is 28.2. The van der Waals surface area contributed by atoms with Crippen molar-refractivity contribution in [1.82, 2.24) is 4.90 Å². The van der Waals surface area contributed by atoms with Gasteiger partial charge in [0, 0.05) is 41.6 Å². The second-order valence-corrected chi connectivity index (χ2v) is 10.8. The number of fused-ring (bicyclic) bond motifs is 1. The van der Waals surface area contributed by atoms with Gasteiger partial charge in [-0.05, 0) is 88.5 Å². The number of hydrogen-bond donors (Lipinski definition) is 0. The van der Waals surface area contributed by atoms with Gasteiger partial charge in [0.05, 0.1) is 6.61 Å². The molecule has 0 radical (unpaired) electrons. The number of ketones is 1. The number of rotatable bonds is 12. The summed E-state index contributed by atoms with van der Waals surface area (Å²) in [5.41, 5.74) is 6.55. The van der Waals surface area contributed by atoms with Crippen molar-refractivity contribution in [1.29, 1.82) is 0 Å². The molecule has 0 amide bonds. The fourth-order valence-corrected chi connectivity index (χ4v) is 4.77. The summed E-state index contributed by atoms with van der Waals surface area (Å²) in [5, 5.41) is 0.781. The molecule has 1 heterocycles. The number of carbonyl (C=O) groups is 1. The molecule has 0 unspecified atom stereocenters. The van der Waals surface area contributed by atoms with E-state index in [0.717, 1.165) is 48.0 Å². The molecule has 0 saturated heterocycles. The number of aryl methyl sites for hydroxylation is 2. The summed E-state index contributed by atoms with van der Waals surface area (Å²) in [6, 6.07) is 21.7. The Hall–Kier alpha value is -3.96.